The molecule has 0 amide bonds. The number of rotatable bonds is 5. The first-order valence-corrected chi connectivity index (χ1v) is 9.27. The van der Waals surface area contributed by atoms with Crippen LogP contribution in [0.25, 0.3) is 0 Å². The van der Waals surface area contributed by atoms with E-state index in [2.05, 4.69) is 5.32 Å². The summed E-state index contributed by atoms with van der Waals surface area (Å²) in [4.78, 5) is 0.391. The van der Waals surface area contributed by atoms with E-state index in [9.17, 15) is 13.5 Å². The molecule has 2 atom stereocenters. The first-order chi connectivity index (χ1) is 10.4. The summed E-state index contributed by atoms with van der Waals surface area (Å²) >= 11 is 0. The first kappa shape index (κ1) is 17.2. The van der Waals surface area contributed by atoms with Gasteiger partial charge >= 0.3 is 0 Å². The molecule has 0 radical (unpaired) electrons. The minimum absolute atomic E-state index is 0.0387. The lowest BCUT2D eigenvalue weighted by Gasteiger charge is -2.30. The number of aliphatic hydroxyl groups excluding tert-OH is 1. The second-order valence-corrected chi connectivity index (χ2v) is 7.96. The molecule has 6 heteroatoms. The summed E-state index contributed by atoms with van der Waals surface area (Å²) in [6.45, 7) is 6.58. The highest BCUT2D eigenvalue weighted by molar-refractivity contribution is 7.92. The van der Waals surface area contributed by atoms with Crippen molar-refractivity contribution in [2.45, 2.75) is 49.8 Å². The fourth-order valence-corrected chi connectivity index (χ4v) is 5.40. The number of ether oxygens (including phenoxy) is 1. The molecule has 2 rings (SSSR count). The van der Waals surface area contributed by atoms with Gasteiger partial charge in [0.2, 0.25) is 0 Å². The van der Waals surface area contributed by atoms with Crippen LogP contribution in [0.3, 0.4) is 0 Å². The molecule has 1 aliphatic heterocycles. The van der Waals surface area contributed by atoms with E-state index in [-0.39, 0.29) is 12.6 Å². The number of aliphatic hydroxyl groups is 1. The summed E-state index contributed by atoms with van der Waals surface area (Å²) < 4.78 is 31.7. The van der Waals surface area contributed by atoms with E-state index >= 15 is 0 Å². The fourth-order valence-electron chi connectivity index (χ4n) is 3.11. The minimum Gasteiger partial charge on any atom is -0.494 e. The zero-order chi connectivity index (χ0) is 16.3. The molecule has 0 saturated carbocycles. The van der Waals surface area contributed by atoms with Crippen molar-refractivity contribution in [1.82, 2.24) is 5.32 Å². The Morgan fingerprint density at radius 3 is 2.73 bits per heavy atom. The lowest BCUT2D eigenvalue weighted by molar-refractivity contribution is 0.220. The molecular formula is C16H25NO4S. The van der Waals surface area contributed by atoms with Crippen LogP contribution in [-0.2, 0) is 9.84 Å². The molecular weight excluding hydrogens is 302 g/mol. The average Bonchev–Trinajstić information content (AvgIpc) is 2.50. The highest BCUT2D eigenvalue weighted by atomic mass is 32.2. The van der Waals surface area contributed by atoms with Crippen molar-refractivity contribution in [1.29, 1.82) is 0 Å². The summed E-state index contributed by atoms with van der Waals surface area (Å²) in [6, 6.07) is 3.48. The van der Waals surface area contributed by atoms with Crippen molar-refractivity contribution in [3.63, 3.8) is 0 Å². The maximum Gasteiger partial charge on any atom is 0.181 e. The van der Waals surface area contributed by atoms with Gasteiger partial charge in [0.25, 0.3) is 0 Å². The van der Waals surface area contributed by atoms with Crippen LogP contribution < -0.4 is 10.1 Å². The monoisotopic (exact) mass is 327 g/mol. The SMILES string of the molecule is CCOc1ccc(C)c(S(=O)(=O)C2CCNC(CO)C2)c1C. The van der Waals surface area contributed by atoms with Crippen LogP contribution in [0.15, 0.2) is 17.0 Å². The number of benzene rings is 1. The van der Waals surface area contributed by atoms with Gasteiger partial charge in [0.05, 0.1) is 23.4 Å². The van der Waals surface area contributed by atoms with Crippen molar-refractivity contribution >= 4 is 9.84 Å². The predicted octanol–water partition coefficient (Wildman–Crippen LogP) is 1.59. The first-order valence-electron chi connectivity index (χ1n) is 7.73. The Balaban J connectivity index is 2.42. The van der Waals surface area contributed by atoms with Crippen LogP contribution in [0.4, 0.5) is 0 Å². The van der Waals surface area contributed by atoms with E-state index in [0.717, 1.165) is 5.56 Å². The standard InChI is InChI=1S/C16H25NO4S/c1-4-21-15-6-5-11(2)16(12(15)3)22(19,20)14-7-8-17-13(9-14)10-18/h5-6,13-14,17-18H,4,7-10H2,1-3H3. The highest BCUT2D eigenvalue weighted by Gasteiger charge is 2.35. The normalized spacial score (nSPS) is 22.5. The lowest BCUT2D eigenvalue weighted by Crippen LogP contribution is -2.45. The molecule has 1 heterocycles. The zero-order valence-corrected chi connectivity index (χ0v) is 14.2. The van der Waals surface area contributed by atoms with Crippen LogP contribution in [0.5, 0.6) is 5.75 Å². The van der Waals surface area contributed by atoms with Crippen molar-refractivity contribution < 1.29 is 18.3 Å². The van der Waals surface area contributed by atoms with Gasteiger partial charge in [-0.25, -0.2) is 8.42 Å². The number of piperidine rings is 1. The molecule has 1 saturated heterocycles. The molecule has 1 aromatic rings. The lowest BCUT2D eigenvalue weighted by atomic mass is 10.1. The third kappa shape index (κ3) is 3.29. The van der Waals surface area contributed by atoms with E-state index in [4.69, 9.17) is 4.74 Å². The van der Waals surface area contributed by atoms with Crippen LogP contribution in [0.1, 0.15) is 30.9 Å². The van der Waals surface area contributed by atoms with Gasteiger partial charge in [0, 0.05) is 11.6 Å². The molecule has 1 fully saturated rings. The summed E-state index contributed by atoms with van der Waals surface area (Å²) in [5.74, 6) is 0.624. The van der Waals surface area contributed by atoms with Gasteiger partial charge in [-0.15, -0.1) is 0 Å². The van der Waals surface area contributed by atoms with Crippen LogP contribution in [0.2, 0.25) is 0 Å². The molecule has 22 heavy (non-hydrogen) atoms. The summed E-state index contributed by atoms with van der Waals surface area (Å²) in [5.41, 5.74) is 1.43. The van der Waals surface area contributed by atoms with Crippen molar-refractivity contribution in [3.05, 3.63) is 23.3 Å². The third-order valence-corrected chi connectivity index (χ3v) is 6.75. The molecule has 1 aliphatic rings. The quantitative estimate of drug-likeness (QED) is 0.859. The van der Waals surface area contributed by atoms with Crippen molar-refractivity contribution in [2.24, 2.45) is 0 Å². The molecule has 0 aromatic heterocycles. The van der Waals surface area contributed by atoms with Crippen molar-refractivity contribution in [2.75, 3.05) is 19.8 Å². The average molecular weight is 327 g/mol. The van der Waals surface area contributed by atoms with Gasteiger partial charge in [-0.3, -0.25) is 0 Å². The Kier molecular flexibility index (Phi) is 5.47. The second-order valence-electron chi connectivity index (χ2n) is 5.79. The van der Waals surface area contributed by atoms with Crippen LogP contribution >= 0.6 is 0 Å². The number of sulfone groups is 1. The third-order valence-electron chi connectivity index (χ3n) is 4.24. The van der Waals surface area contributed by atoms with Crippen molar-refractivity contribution in [3.8, 4) is 5.75 Å². The molecule has 0 bridgehead atoms. The molecule has 5 nitrogen and oxygen atoms in total. The topological polar surface area (TPSA) is 75.6 Å². The Morgan fingerprint density at radius 2 is 2.09 bits per heavy atom. The molecule has 0 aliphatic carbocycles. The second kappa shape index (κ2) is 6.98. The number of nitrogens with one attached hydrogen (secondary N) is 1. The van der Waals surface area contributed by atoms with E-state index in [1.807, 2.05) is 19.9 Å². The largest absolute Gasteiger partial charge is 0.494 e. The predicted molar refractivity (Wildman–Crippen MR) is 86.2 cm³/mol. The van der Waals surface area contributed by atoms with Gasteiger partial charge in [0.1, 0.15) is 5.75 Å². The van der Waals surface area contributed by atoms with E-state index < -0.39 is 15.1 Å². The van der Waals surface area contributed by atoms with Gasteiger partial charge in [-0.2, -0.15) is 0 Å². The molecule has 1 aromatic carbocycles. The highest BCUT2D eigenvalue weighted by Crippen LogP contribution is 2.33. The van der Waals surface area contributed by atoms with E-state index in [1.165, 1.54) is 0 Å². The summed E-state index contributed by atoms with van der Waals surface area (Å²) in [7, 11) is -3.44. The number of aryl methyl sites for hydroxylation is 1. The maximum absolute atomic E-state index is 13.1. The molecule has 2 N–H and O–H groups in total. The number of hydrogen-bond donors (Lipinski definition) is 2. The molecule has 2 unspecified atom stereocenters. The van der Waals surface area contributed by atoms with Gasteiger partial charge in [-0.1, -0.05) is 6.07 Å². The number of hydrogen-bond acceptors (Lipinski definition) is 5. The Hall–Kier alpha value is -1.11. The fraction of sp³-hybridized carbons (Fsp3) is 0.625. The van der Waals surface area contributed by atoms with Gasteiger partial charge in [-0.05, 0) is 51.8 Å². The Morgan fingerprint density at radius 1 is 1.36 bits per heavy atom. The molecule has 124 valence electrons. The Labute approximate surface area is 132 Å². The van der Waals surface area contributed by atoms with Gasteiger partial charge < -0.3 is 15.2 Å². The van der Waals surface area contributed by atoms with Gasteiger partial charge in [0.15, 0.2) is 9.84 Å². The van der Waals surface area contributed by atoms with Crippen LogP contribution in [0, 0.1) is 13.8 Å². The van der Waals surface area contributed by atoms with E-state index in [1.54, 1.807) is 13.0 Å². The summed E-state index contributed by atoms with van der Waals surface area (Å²) in [6.07, 6.45) is 1.01. The van der Waals surface area contributed by atoms with Crippen LogP contribution in [-0.4, -0.2) is 44.6 Å². The maximum atomic E-state index is 13.1. The van der Waals surface area contributed by atoms with E-state index in [0.29, 0.717) is 42.2 Å². The minimum atomic E-state index is -3.44. The Bertz CT molecular complexity index is 627. The smallest absolute Gasteiger partial charge is 0.181 e. The summed E-state index contributed by atoms with van der Waals surface area (Å²) in [5, 5.41) is 12.0. The molecule has 0 spiro atoms. The zero-order valence-electron chi connectivity index (χ0n) is 13.4.